The van der Waals surface area contributed by atoms with Crippen LogP contribution in [0.15, 0.2) is 24.3 Å². The van der Waals surface area contributed by atoms with Gasteiger partial charge in [0.1, 0.15) is 0 Å². The Bertz CT molecular complexity index is 438. The van der Waals surface area contributed by atoms with Crippen LogP contribution in [0, 0.1) is 5.41 Å². The molecule has 0 bridgehead atoms. The molecule has 0 saturated carbocycles. The number of aliphatic hydroxyl groups excluding tert-OH is 2. The summed E-state index contributed by atoms with van der Waals surface area (Å²) in [6, 6.07) is 0. The molecule has 0 aliphatic rings. The first-order chi connectivity index (χ1) is 18.2. The van der Waals surface area contributed by atoms with Crippen molar-refractivity contribution in [2.45, 2.75) is 181 Å². The summed E-state index contributed by atoms with van der Waals surface area (Å²) in [5.41, 5.74) is -0.246. The van der Waals surface area contributed by atoms with E-state index in [1.54, 1.807) is 0 Å². The van der Waals surface area contributed by atoms with Crippen LogP contribution in [-0.4, -0.2) is 23.4 Å². The maximum absolute atomic E-state index is 10.0. The van der Waals surface area contributed by atoms with Crippen LogP contribution >= 0.6 is 0 Å². The third-order valence-corrected chi connectivity index (χ3v) is 8.11. The van der Waals surface area contributed by atoms with Gasteiger partial charge in [-0.2, -0.15) is 0 Å². The molecule has 0 aromatic heterocycles. The second-order valence-electron chi connectivity index (χ2n) is 11.8. The smallest absolute Gasteiger partial charge is 0.0509 e. The van der Waals surface area contributed by atoms with E-state index < -0.39 is 0 Å². The zero-order valence-corrected chi connectivity index (χ0v) is 25.5. The molecule has 0 aromatic carbocycles. The normalized spacial score (nSPS) is 12.4. The molecule has 0 aromatic rings. The maximum atomic E-state index is 10.0. The van der Waals surface area contributed by atoms with Gasteiger partial charge in [-0.25, -0.2) is 0 Å². The third-order valence-electron chi connectivity index (χ3n) is 8.11. The van der Waals surface area contributed by atoms with Crippen LogP contribution in [0.3, 0.4) is 0 Å². The maximum Gasteiger partial charge on any atom is 0.0509 e. The van der Waals surface area contributed by atoms with Gasteiger partial charge in [-0.3, -0.25) is 0 Å². The Balaban J connectivity index is 3.63. The Morgan fingerprint density at radius 2 is 0.649 bits per heavy atom. The molecule has 0 radical (unpaired) electrons. The van der Waals surface area contributed by atoms with Crippen molar-refractivity contribution in [1.29, 1.82) is 0 Å². The quantitative estimate of drug-likeness (QED) is 0.0730. The summed E-state index contributed by atoms with van der Waals surface area (Å²) in [7, 11) is 0. The summed E-state index contributed by atoms with van der Waals surface area (Å²) in [5.74, 6) is 0. The van der Waals surface area contributed by atoms with Crippen LogP contribution in [0.25, 0.3) is 0 Å². The highest BCUT2D eigenvalue weighted by Gasteiger charge is 2.27. The highest BCUT2D eigenvalue weighted by atomic mass is 16.3. The average molecular weight is 521 g/mol. The lowest BCUT2D eigenvalue weighted by atomic mass is 9.79. The number of rotatable bonds is 30. The van der Waals surface area contributed by atoms with Crippen LogP contribution < -0.4 is 0 Å². The summed E-state index contributed by atoms with van der Waals surface area (Å²) in [4.78, 5) is 0. The molecule has 0 unspecified atom stereocenters. The van der Waals surface area contributed by atoms with E-state index in [9.17, 15) is 10.2 Å². The second-order valence-corrected chi connectivity index (χ2v) is 11.8. The first-order valence-electron chi connectivity index (χ1n) is 16.8. The molecule has 0 amide bonds. The molecule has 2 nitrogen and oxygen atoms in total. The van der Waals surface area contributed by atoms with Crippen molar-refractivity contribution < 1.29 is 10.2 Å². The molecule has 0 aliphatic heterocycles. The number of allylic oxidation sites excluding steroid dienone is 4. The molecule has 0 heterocycles. The summed E-state index contributed by atoms with van der Waals surface area (Å²) < 4.78 is 0. The van der Waals surface area contributed by atoms with Gasteiger partial charge in [0.25, 0.3) is 0 Å². The predicted molar refractivity (Wildman–Crippen MR) is 166 cm³/mol. The highest BCUT2D eigenvalue weighted by molar-refractivity contribution is 4.82. The van der Waals surface area contributed by atoms with Gasteiger partial charge < -0.3 is 10.2 Å². The molecular formula is C35H68O2. The van der Waals surface area contributed by atoms with Crippen LogP contribution in [0.5, 0.6) is 0 Å². The van der Waals surface area contributed by atoms with Crippen LogP contribution in [0.4, 0.5) is 0 Å². The molecule has 0 saturated heterocycles. The molecule has 0 aliphatic carbocycles. The van der Waals surface area contributed by atoms with Crippen molar-refractivity contribution >= 4 is 0 Å². The fourth-order valence-corrected chi connectivity index (χ4v) is 5.28. The van der Waals surface area contributed by atoms with Gasteiger partial charge in [-0.05, 0) is 64.2 Å². The minimum absolute atomic E-state index is 0.138. The topological polar surface area (TPSA) is 40.5 Å². The van der Waals surface area contributed by atoms with Gasteiger partial charge in [0.05, 0.1) is 13.2 Å². The molecule has 220 valence electrons. The molecule has 0 fully saturated rings. The lowest BCUT2D eigenvalue weighted by molar-refractivity contribution is 0.0353. The molecule has 0 spiro atoms. The van der Waals surface area contributed by atoms with E-state index in [0.29, 0.717) is 0 Å². The Morgan fingerprint density at radius 1 is 0.378 bits per heavy atom. The van der Waals surface area contributed by atoms with Crippen molar-refractivity contribution in [1.82, 2.24) is 0 Å². The predicted octanol–water partition coefficient (Wildman–Crippen LogP) is 11.3. The Morgan fingerprint density at radius 3 is 0.946 bits per heavy atom. The highest BCUT2D eigenvalue weighted by Crippen LogP contribution is 2.31. The van der Waals surface area contributed by atoms with Crippen LogP contribution in [-0.2, 0) is 0 Å². The van der Waals surface area contributed by atoms with Crippen molar-refractivity contribution in [2.75, 3.05) is 13.2 Å². The first kappa shape index (κ1) is 36.4. The van der Waals surface area contributed by atoms with E-state index >= 15 is 0 Å². The summed E-state index contributed by atoms with van der Waals surface area (Å²) in [5, 5.41) is 20.0. The number of aliphatic hydroxyl groups is 2. The fourth-order valence-electron chi connectivity index (χ4n) is 5.28. The van der Waals surface area contributed by atoms with Gasteiger partial charge in [0.15, 0.2) is 0 Å². The van der Waals surface area contributed by atoms with Crippen molar-refractivity contribution in [2.24, 2.45) is 5.41 Å². The van der Waals surface area contributed by atoms with E-state index in [2.05, 4.69) is 38.2 Å². The minimum Gasteiger partial charge on any atom is -0.396 e. The average Bonchev–Trinajstić information content (AvgIpc) is 2.92. The SMILES string of the molecule is CCCCCC/C=C\CCCCCCCCC(CO)(CO)CCCCCCCC/C=C\CCCCCC. The summed E-state index contributed by atoms with van der Waals surface area (Å²) in [6.45, 7) is 4.81. The standard InChI is InChI=1S/C35H68O2/c1-3-5-7-9-11-13-15-17-19-21-23-25-27-29-31-35(33-36,34-37)32-30-28-26-24-22-20-18-16-14-12-10-8-6-4-2/h13-16,36-37H,3-12,17-34H2,1-2H3/b15-13-,16-14-. The Kier molecular flexibility index (Phi) is 29.5. The van der Waals surface area contributed by atoms with E-state index in [4.69, 9.17) is 0 Å². The number of unbranched alkanes of at least 4 members (excludes halogenated alkanes) is 20. The third kappa shape index (κ3) is 25.4. The van der Waals surface area contributed by atoms with Crippen molar-refractivity contribution in [3.8, 4) is 0 Å². The largest absolute Gasteiger partial charge is 0.396 e. The fraction of sp³-hybridized carbons (Fsp3) is 0.886. The van der Waals surface area contributed by atoms with E-state index in [1.807, 2.05) is 0 Å². The summed E-state index contributed by atoms with van der Waals surface area (Å²) in [6.07, 6.45) is 42.7. The lowest BCUT2D eigenvalue weighted by Gasteiger charge is -2.30. The Hall–Kier alpha value is -0.600. The second kappa shape index (κ2) is 29.9. The molecule has 37 heavy (non-hydrogen) atoms. The molecule has 0 atom stereocenters. The van der Waals surface area contributed by atoms with Crippen LogP contribution in [0.1, 0.15) is 181 Å². The van der Waals surface area contributed by atoms with Gasteiger partial charge in [0.2, 0.25) is 0 Å². The van der Waals surface area contributed by atoms with Gasteiger partial charge >= 0.3 is 0 Å². The number of hydrogen-bond donors (Lipinski definition) is 2. The molecule has 2 N–H and O–H groups in total. The minimum atomic E-state index is -0.246. The first-order valence-corrected chi connectivity index (χ1v) is 16.8. The van der Waals surface area contributed by atoms with Crippen molar-refractivity contribution in [3.05, 3.63) is 24.3 Å². The van der Waals surface area contributed by atoms with Gasteiger partial charge in [0, 0.05) is 5.41 Å². The monoisotopic (exact) mass is 521 g/mol. The molecular weight excluding hydrogens is 452 g/mol. The van der Waals surface area contributed by atoms with Crippen molar-refractivity contribution in [3.63, 3.8) is 0 Å². The van der Waals surface area contributed by atoms with Gasteiger partial charge in [-0.1, -0.05) is 141 Å². The molecule has 2 heteroatoms. The zero-order chi connectivity index (χ0) is 27.1. The molecule has 0 rings (SSSR count). The summed E-state index contributed by atoms with van der Waals surface area (Å²) >= 11 is 0. The Labute approximate surface area is 233 Å². The van der Waals surface area contributed by atoms with E-state index in [-0.39, 0.29) is 18.6 Å². The zero-order valence-electron chi connectivity index (χ0n) is 25.5. The van der Waals surface area contributed by atoms with Gasteiger partial charge in [-0.15, -0.1) is 0 Å². The van der Waals surface area contributed by atoms with E-state index in [0.717, 1.165) is 25.7 Å². The lowest BCUT2D eigenvalue weighted by Crippen LogP contribution is -2.29. The van der Waals surface area contributed by atoms with Crippen LogP contribution in [0.2, 0.25) is 0 Å². The number of hydrogen-bond acceptors (Lipinski definition) is 2. The van der Waals surface area contributed by atoms with E-state index in [1.165, 1.54) is 141 Å².